The van der Waals surface area contributed by atoms with Crippen molar-refractivity contribution >= 4 is 17.3 Å². The van der Waals surface area contributed by atoms with E-state index in [0.717, 1.165) is 5.69 Å². The van der Waals surface area contributed by atoms with E-state index in [1.165, 1.54) is 6.07 Å². The number of aliphatic hydroxyl groups is 1. The van der Waals surface area contributed by atoms with E-state index in [-0.39, 0.29) is 31.5 Å². The molecule has 0 radical (unpaired) electrons. The van der Waals surface area contributed by atoms with Gasteiger partial charge < -0.3 is 19.5 Å². The van der Waals surface area contributed by atoms with Gasteiger partial charge in [-0.1, -0.05) is 37.3 Å². The molecule has 8 heteroatoms. The molecule has 170 valence electrons. The maximum Gasteiger partial charge on any atom is 0.293 e. The number of benzene rings is 2. The van der Waals surface area contributed by atoms with Gasteiger partial charge in [-0.2, -0.15) is 0 Å². The van der Waals surface area contributed by atoms with Gasteiger partial charge in [-0.05, 0) is 18.2 Å². The van der Waals surface area contributed by atoms with E-state index in [0.29, 0.717) is 44.1 Å². The fraction of sp³-hybridized carbons (Fsp3) is 0.458. The Morgan fingerprint density at radius 1 is 0.969 bits per heavy atom. The average molecular weight is 442 g/mol. The van der Waals surface area contributed by atoms with Crippen LogP contribution in [0.15, 0.2) is 48.5 Å². The highest BCUT2D eigenvalue weighted by Crippen LogP contribution is 2.47. The Morgan fingerprint density at radius 3 is 2.25 bits per heavy atom. The Labute approximate surface area is 186 Å². The first-order chi connectivity index (χ1) is 15.5. The number of nitrogens with zero attached hydrogens (tertiary/aromatic N) is 3. The molecule has 0 aromatic heterocycles. The molecule has 0 saturated carbocycles. The molecule has 1 N–H and O–H groups in total. The largest absolute Gasteiger partial charge is 0.396 e. The number of carbonyl (C=O) groups is 1. The van der Waals surface area contributed by atoms with Gasteiger partial charge in [0.05, 0.1) is 37.9 Å². The minimum Gasteiger partial charge on any atom is -0.396 e. The van der Waals surface area contributed by atoms with Crippen molar-refractivity contribution in [2.75, 3.05) is 62.5 Å². The number of aliphatic hydroxyl groups excluding tert-OH is 1. The van der Waals surface area contributed by atoms with Crippen molar-refractivity contribution in [2.45, 2.75) is 12.7 Å². The minimum atomic E-state index is -1.46. The summed E-state index contributed by atoms with van der Waals surface area (Å²) in [5.74, 6) is -1.91. The second kappa shape index (κ2) is 8.12. The van der Waals surface area contributed by atoms with E-state index in [4.69, 9.17) is 9.47 Å². The standard InChI is InChI=1S/C24H28FN3O4/c1-23(14-29)15-31-24(32-16-23)18-6-2-4-8-20(18)28(22(24)30)17-26-10-12-27(13-11-26)21-9-5-3-7-19(21)25/h2-9,29H,10-17H2,1H3. The Balaban J connectivity index is 1.31. The predicted molar refractivity (Wildman–Crippen MR) is 118 cm³/mol. The normalized spacial score (nSPS) is 28.4. The SMILES string of the molecule is CC1(CO)COC2(OC1)C(=O)N(CN1CCN(c3ccccc3F)CC1)c1ccccc12. The summed E-state index contributed by atoms with van der Waals surface area (Å²) >= 11 is 0. The molecule has 3 aliphatic rings. The number of hydrogen-bond donors (Lipinski definition) is 1. The van der Waals surface area contributed by atoms with Gasteiger partial charge in [0.2, 0.25) is 0 Å². The summed E-state index contributed by atoms with van der Waals surface area (Å²) in [6, 6.07) is 14.4. The van der Waals surface area contributed by atoms with Crippen LogP contribution in [-0.2, 0) is 20.1 Å². The highest BCUT2D eigenvalue weighted by atomic mass is 19.1. The Hall–Kier alpha value is -2.52. The van der Waals surface area contributed by atoms with E-state index < -0.39 is 11.2 Å². The maximum absolute atomic E-state index is 14.1. The highest BCUT2D eigenvalue weighted by Gasteiger charge is 2.57. The van der Waals surface area contributed by atoms with E-state index in [9.17, 15) is 14.3 Å². The molecule has 5 rings (SSSR count). The number of amides is 1. The van der Waals surface area contributed by atoms with Crippen LogP contribution < -0.4 is 9.80 Å². The molecule has 7 nitrogen and oxygen atoms in total. The smallest absolute Gasteiger partial charge is 0.293 e. The topological polar surface area (TPSA) is 65.5 Å². The third kappa shape index (κ3) is 3.47. The fourth-order valence-corrected chi connectivity index (χ4v) is 4.57. The van der Waals surface area contributed by atoms with E-state index in [1.807, 2.05) is 42.2 Å². The molecule has 0 aliphatic carbocycles. The summed E-state index contributed by atoms with van der Waals surface area (Å²) in [4.78, 5) is 19.5. The van der Waals surface area contributed by atoms with Gasteiger partial charge in [0.1, 0.15) is 5.82 Å². The number of anilines is 2. The lowest BCUT2D eigenvalue weighted by Gasteiger charge is -2.41. The van der Waals surface area contributed by atoms with Crippen LogP contribution in [0.1, 0.15) is 12.5 Å². The van der Waals surface area contributed by atoms with Crippen molar-refractivity contribution in [3.05, 3.63) is 59.9 Å². The molecule has 0 bridgehead atoms. The lowest BCUT2D eigenvalue weighted by Crippen LogP contribution is -2.56. The predicted octanol–water partition coefficient (Wildman–Crippen LogP) is 2.15. The van der Waals surface area contributed by atoms with Crippen LogP contribution in [0.25, 0.3) is 0 Å². The molecule has 2 aromatic rings. The van der Waals surface area contributed by atoms with Crippen LogP contribution in [0.4, 0.5) is 15.8 Å². The third-order valence-corrected chi connectivity index (χ3v) is 6.61. The van der Waals surface area contributed by atoms with Crippen LogP contribution in [0.3, 0.4) is 0 Å². The van der Waals surface area contributed by atoms with Crippen LogP contribution in [0.5, 0.6) is 0 Å². The first kappa shape index (κ1) is 21.3. The minimum absolute atomic E-state index is 0.0745. The van der Waals surface area contributed by atoms with Crippen LogP contribution in [0, 0.1) is 11.2 Å². The van der Waals surface area contributed by atoms with E-state index >= 15 is 0 Å². The number of piperazine rings is 1. The van der Waals surface area contributed by atoms with Gasteiger partial charge in [0.15, 0.2) is 0 Å². The summed E-state index contributed by atoms with van der Waals surface area (Å²) in [5, 5.41) is 9.64. The molecule has 1 amide bonds. The second-order valence-electron chi connectivity index (χ2n) is 9.11. The van der Waals surface area contributed by atoms with Gasteiger partial charge in [0.25, 0.3) is 11.7 Å². The van der Waals surface area contributed by atoms with Crippen molar-refractivity contribution in [2.24, 2.45) is 5.41 Å². The van der Waals surface area contributed by atoms with E-state index in [1.54, 1.807) is 17.0 Å². The van der Waals surface area contributed by atoms with Gasteiger partial charge in [-0.3, -0.25) is 14.6 Å². The zero-order chi connectivity index (χ0) is 22.3. The summed E-state index contributed by atoms with van der Waals surface area (Å²) in [5.41, 5.74) is 1.57. The summed E-state index contributed by atoms with van der Waals surface area (Å²) in [6.45, 7) is 5.45. The zero-order valence-electron chi connectivity index (χ0n) is 18.2. The Kier molecular flexibility index (Phi) is 5.41. The Bertz CT molecular complexity index is 1000. The number of carbonyl (C=O) groups excluding carboxylic acids is 1. The number of ether oxygens (including phenoxy) is 2. The number of para-hydroxylation sites is 2. The van der Waals surface area contributed by atoms with Crippen LogP contribution in [0.2, 0.25) is 0 Å². The van der Waals surface area contributed by atoms with Gasteiger partial charge in [0, 0.05) is 37.2 Å². The molecule has 3 aliphatic heterocycles. The maximum atomic E-state index is 14.1. The molecule has 2 fully saturated rings. The molecule has 32 heavy (non-hydrogen) atoms. The van der Waals surface area contributed by atoms with Gasteiger partial charge >= 0.3 is 0 Å². The first-order valence-electron chi connectivity index (χ1n) is 11.0. The van der Waals surface area contributed by atoms with E-state index in [2.05, 4.69) is 4.90 Å². The van der Waals surface area contributed by atoms with Crippen molar-refractivity contribution in [3.8, 4) is 0 Å². The van der Waals surface area contributed by atoms with Crippen molar-refractivity contribution in [1.82, 2.24) is 4.90 Å². The third-order valence-electron chi connectivity index (χ3n) is 6.61. The molecule has 3 heterocycles. The second-order valence-corrected chi connectivity index (χ2v) is 9.11. The van der Waals surface area contributed by atoms with Gasteiger partial charge in [-0.25, -0.2) is 4.39 Å². The molecule has 1 spiro atoms. The van der Waals surface area contributed by atoms with Crippen LogP contribution in [-0.4, -0.2) is 68.6 Å². The molecule has 0 unspecified atom stereocenters. The summed E-state index contributed by atoms with van der Waals surface area (Å²) in [6.07, 6.45) is 0. The number of rotatable bonds is 4. The average Bonchev–Trinajstić information content (AvgIpc) is 3.05. The lowest BCUT2D eigenvalue weighted by atomic mass is 9.92. The number of fused-ring (bicyclic) bond motifs is 2. The quantitative estimate of drug-likeness (QED) is 0.785. The monoisotopic (exact) mass is 441 g/mol. The summed E-state index contributed by atoms with van der Waals surface area (Å²) < 4.78 is 26.2. The van der Waals surface area contributed by atoms with Crippen molar-refractivity contribution < 1.29 is 23.8 Å². The highest BCUT2D eigenvalue weighted by molar-refractivity contribution is 6.06. The molecule has 2 aromatic carbocycles. The first-order valence-corrected chi connectivity index (χ1v) is 11.0. The fourth-order valence-electron chi connectivity index (χ4n) is 4.57. The lowest BCUT2D eigenvalue weighted by molar-refractivity contribution is -0.293. The molecular weight excluding hydrogens is 413 g/mol. The van der Waals surface area contributed by atoms with Crippen molar-refractivity contribution in [1.29, 1.82) is 0 Å². The molecular formula is C24H28FN3O4. The summed E-state index contributed by atoms with van der Waals surface area (Å²) in [7, 11) is 0. The molecule has 2 saturated heterocycles. The van der Waals surface area contributed by atoms with Crippen LogP contribution >= 0.6 is 0 Å². The van der Waals surface area contributed by atoms with Gasteiger partial charge in [-0.15, -0.1) is 0 Å². The Morgan fingerprint density at radius 2 is 1.59 bits per heavy atom. The molecule has 0 atom stereocenters. The van der Waals surface area contributed by atoms with Crippen molar-refractivity contribution in [3.63, 3.8) is 0 Å². The number of halogens is 1. The zero-order valence-corrected chi connectivity index (χ0v) is 18.2. The number of hydrogen-bond acceptors (Lipinski definition) is 6.